The molecule has 0 bridgehead atoms. The molecule has 0 aliphatic heterocycles. The molecule has 0 aromatic heterocycles. The average molecular weight is 291 g/mol. The normalized spacial score (nSPS) is 15.0. The van der Waals surface area contributed by atoms with Crippen LogP contribution in [0.1, 0.15) is 50.7 Å². The lowest BCUT2D eigenvalue weighted by atomic mass is 9.92. The van der Waals surface area contributed by atoms with E-state index in [4.69, 9.17) is 5.11 Å². The van der Waals surface area contributed by atoms with Gasteiger partial charge in [-0.05, 0) is 38.7 Å². The predicted octanol–water partition coefficient (Wildman–Crippen LogP) is 3.10. The minimum atomic E-state index is -0.895. The Balaban J connectivity index is 2.63. The molecule has 4 nitrogen and oxygen atoms in total. The standard InChI is InChI=1S/C17H25NO3/c1-5-14(15-8-6-11(2)7-9-15)10-16(19)18-13(4)12(3)17(20)21/h6-9,12-14H,5,10H2,1-4H3,(H,18,19)(H,20,21). The van der Waals surface area contributed by atoms with Crippen LogP contribution >= 0.6 is 0 Å². The molecule has 0 spiro atoms. The molecule has 3 unspecified atom stereocenters. The number of carbonyl (C=O) groups excluding carboxylic acids is 1. The average Bonchev–Trinajstić information content (AvgIpc) is 2.44. The maximum Gasteiger partial charge on any atom is 0.308 e. The van der Waals surface area contributed by atoms with Crippen LogP contribution < -0.4 is 5.32 Å². The first-order valence-corrected chi connectivity index (χ1v) is 7.43. The van der Waals surface area contributed by atoms with Gasteiger partial charge in [0.25, 0.3) is 0 Å². The summed E-state index contributed by atoms with van der Waals surface area (Å²) in [5.41, 5.74) is 2.35. The van der Waals surface area contributed by atoms with Crippen LogP contribution in [-0.4, -0.2) is 23.0 Å². The van der Waals surface area contributed by atoms with Crippen molar-refractivity contribution in [2.45, 2.75) is 52.5 Å². The number of aliphatic carboxylic acids is 1. The third kappa shape index (κ3) is 5.21. The van der Waals surface area contributed by atoms with Crippen molar-refractivity contribution in [2.75, 3.05) is 0 Å². The van der Waals surface area contributed by atoms with Crippen LogP contribution in [0.5, 0.6) is 0 Å². The summed E-state index contributed by atoms with van der Waals surface area (Å²) in [6.45, 7) is 7.42. The fourth-order valence-corrected chi connectivity index (χ4v) is 2.21. The monoisotopic (exact) mass is 291 g/mol. The molecule has 4 heteroatoms. The number of rotatable bonds is 7. The molecule has 0 heterocycles. The quantitative estimate of drug-likeness (QED) is 0.811. The SMILES string of the molecule is CCC(CC(=O)NC(C)C(C)C(=O)O)c1ccc(C)cc1. The van der Waals surface area contributed by atoms with Crippen molar-refractivity contribution in [1.29, 1.82) is 0 Å². The summed E-state index contributed by atoms with van der Waals surface area (Å²) in [5.74, 6) is -1.41. The first kappa shape index (κ1) is 17.2. The van der Waals surface area contributed by atoms with Gasteiger partial charge in [-0.15, -0.1) is 0 Å². The van der Waals surface area contributed by atoms with Crippen molar-refractivity contribution in [3.05, 3.63) is 35.4 Å². The zero-order valence-corrected chi connectivity index (χ0v) is 13.2. The van der Waals surface area contributed by atoms with Gasteiger partial charge in [0.1, 0.15) is 0 Å². The number of carboxylic acids is 1. The van der Waals surface area contributed by atoms with Crippen molar-refractivity contribution in [3.8, 4) is 0 Å². The number of carbonyl (C=O) groups is 2. The predicted molar refractivity (Wildman–Crippen MR) is 83.2 cm³/mol. The molecular weight excluding hydrogens is 266 g/mol. The number of aryl methyl sites for hydroxylation is 1. The van der Waals surface area contributed by atoms with E-state index in [-0.39, 0.29) is 17.9 Å². The van der Waals surface area contributed by atoms with Crippen LogP contribution in [0.25, 0.3) is 0 Å². The first-order valence-electron chi connectivity index (χ1n) is 7.43. The number of amides is 1. The molecule has 0 aliphatic rings. The van der Waals surface area contributed by atoms with E-state index in [9.17, 15) is 9.59 Å². The molecule has 21 heavy (non-hydrogen) atoms. The van der Waals surface area contributed by atoms with Gasteiger partial charge in [-0.3, -0.25) is 9.59 Å². The second-order valence-corrected chi connectivity index (χ2v) is 5.70. The van der Waals surface area contributed by atoms with Gasteiger partial charge >= 0.3 is 5.97 Å². The maximum atomic E-state index is 12.1. The summed E-state index contributed by atoms with van der Waals surface area (Å²) < 4.78 is 0. The zero-order valence-electron chi connectivity index (χ0n) is 13.2. The lowest BCUT2D eigenvalue weighted by molar-refractivity contribution is -0.142. The van der Waals surface area contributed by atoms with E-state index in [0.717, 1.165) is 12.0 Å². The molecule has 3 atom stereocenters. The molecule has 1 aromatic rings. The fraction of sp³-hybridized carbons (Fsp3) is 0.529. The molecule has 1 rings (SSSR count). The number of hydrogen-bond acceptors (Lipinski definition) is 2. The highest BCUT2D eigenvalue weighted by Gasteiger charge is 2.22. The van der Waals surface area contributed by atoms with Crippen LogP contribution in [0.2, 0.25) is 0 Å². The Morgan fingerprint density at radius 2 is 1.76 bits per heavy atom. The van der Waals surface area contributed by atoms with E-state index in [1.165, 1.54) is 5.56 Å². The Morgan fingerprint density at radius 1 is 1.19 bits per heavy atom. The second kappa shape index (κ2) is 7.81. The fourth-order valence-electron chi connectivity index (χ4n) is 2.21. The van der Waals surface area contributed by atoms with Crippen LogP contribution in [0.4, 0.5) is 0 Å². The summed E-state index contributed by atoms with van der Waals surface area (Å²) in [5, 5.41) is 11.7. The summed E-state index contributed by atoms with van der Waals surface area (Å²) in [7, 11) is 0. The van der Waals surface area contributed by atoms with E-state index in [1.807, 2.05) is 19.1 Å². The van der Waals surface area contributed by atoms with Crippen molar-refractivity contribution in [3.63, 3.8) is 0 Å². The van der Waals surface area contributed by atoms with Crippen molar-refractivity contribution in [2.24, 2.45) is 5.92 Å². The van der Waals surface area contributed by atoms with Gasteiger partial charge in [-0.25, -0.2) is 0 Å². The van der Waals surface area contributed by atoms with E-state index >= 15 is 0 Å². The minimum absolute atomic E-state index is 0.0944. The van der Waals surface area contributed by atoms with Crippen LogP contribution in [0.3, 0.4) is 0 Å². The summed E-state index contributed by atoms with van der Waals surface area (Å²) in [6.07, 6.45) is 1.26. The Morgan fingerprint density at radius 3 is 2.24 bits per heavy atom. The number of hydrogen-bond donors (Lipinski definition) is 2. The number of nitrogens with one attached hydrogen (secondary N) is 1. The molecule has 116 valence electrons. The van der Waals surface area contributed by atoms with Crippen molar-refractivity contribution in [1.82, 2.24) is 5.32 Å². The number of benzene rings is 1. The molecule has 1 amide bonds. The van der Waals surface area contributed by atoms with Crippen LogP contribution in [-0.2, 0) is 9.59 Å². The van der Waals surface area contributed by atoms with Crippen LogP contribution in [0, 0.1) is 12.8 Å². The topological polar surface area (TPSA) is 66.4 Å². The molecule has 0 radical (unpaired) electrons. The van der Waals surface area contributed by atoms with E-state index in [1.54, 1.807) is 13.8 Å². The highest BCUT2D eigenvalue weighted by Crippen LogP contribution is 2.23. The molecular formula is C17H25NO3. The molecule has 2 N–H and O–H groups in total. The van der Waals surface area contributed by atoms with E-state index < -0.39 is 11.9 Å². The summed E-state index contributed by atoms with van der Waals surface area (Å²) in [6, 6.07) is 7.83. The van der Waals surface area contributed by atoms with E-state index in [2.05, 4.69) is 24.4 Å². The van der Waals surface area contributed by atoms with Gasteiger partial charge in [0.15, 0.2) is 0 Å². The Kier molecular flexibility index (Phi) is 6.40. The number of carboxylic acid groups (broad SMARTS) is 1. The molecule has 0 saturated carbocycles. The Bertz CT molecular complexity index is 481. The largest absolute Gasteiger partial charge is 0.481 e. The Hall–Kier alpha value is -1.84. The molecule has 0 saturated heterocycles. The van der Waals surface area contributed by atoms with Crippen LogP contribution in [0.15, 0.2) is 24.3 Å². The highest BCUT2D eigenvalue weighted by molar-refractivity contribution is 5.78. The smallest absolute Gasteiger partial charge is 0.308 e. The van der Waals surface area contributed by atoms with Gasteiger partial charge in [-0.2, -0.15) is 0 Å². The highest BCUT2D eigenvalue weighted by atomic mass is 16.4. The zero-order chi connectivity index (χ0) is 16.0. The van der Waals surface area contributed by atoms with Crippen molar-refractivity contribution < 1.29 is 14.7 Å². The first-order chi connectivity index (χ1) is 9.85. The van der Waals surface area contributed by atoms with Gasteiger partial charge in [0.2, 0.25) is 5.91 Å². The molecule has 0 aliphatic carbocycles. The maximum absolute atomic E-state index is 12.1. The Labute approximate surface area is 126 Å². The summed E-state index contributed by atoms with van der Waals surface area (Å²) >= 11 is 0. The minimum Gasteiger partial charge on any atom is -0.481 e. The lowest BCUT2D eigenvalue weighted by Crippen LogP contribution is -2.40. The molecule has 1 aromatic carbocycles. The third-order valence-corrected chi connectivity index (χ3v) is 4.00. The lowest BCUT2D eigenvalue weighted by Gasteiger charge is -2.20. The van der Waals surface area contributed by atoms with Crippen molar-refractivity contribution >= 4 is 11.9 Å². The summed E-state index contributed by atoms with van der Waals surface area (Å²) in [4.78, 5) is 23.0. The van der Waals surface area contributed by atoms with Gasteiger partial charge in [0, 0.05) is 12.5 Å². The third-order valence-electron chi connectivity index (χ3n) is 4.00. The van der Waals surface area contributed by atoms with Gasteiger partial charge in [0.05, 0.1) is 5.92 Å². The molecule has 0 fully saturated rings. The second-order valence-electron chi connectivity index (χ2n) is 5.70. The van der Waals surface area contributed by atoms with Gasteiger partial charge < -0.3 is 10.4 Å². The van der Waals surface area contributed by atoms with E-state index in [0.29, 0.717) is 6.42 Å². The van der Waals surface area contributed by atoms with Gasteiger partial charge in [-0.1, -0.05) is 36.8 Å².